The van der Waals surface area contributed by atoms with Crippen molar-refractivity contribution in [3.05, 3.63) is 45.3 Å². The zero-order chi connectivity index (χ0) is 14.7. The normalized spacial score (nSPS) is 11.3. The second kappa shape index (κ2) is 6.04. The van der Waals surface area contributed by atoms with Crippen molar-refractivity contribution in [1.82, 2.24) is 4.90 Å². The van der Waals surface area contributed by atoms with Crippen molar-refractivity contribution < 1.29 is 19.1 Å². The van der Waals surface area contributed by atoms with Gasteiger partial charge in [-0.2, -0.15) is 0 Å². The number of carbonyl (C=O) groups excluding carboxylic acids is 1. The van der Waals surface area contributed by atoms with Gasteiger partial charge in [0.15, 0.2) is 0 Å². The van der Waals surface area contributed by atoms with Crippen LogP contribution in [0.15, 0.2) is 23.9 Å². The number of benzene rings is 1. The Kier molecular flexibility index (Phi) is 4.91. The number of rotatable bonds is 4. The molecule has 0 heterocycles. The van der Waals surface area contributed by atoms with E-state index in [9.17, 15) is 14.0 Å². The number of halogens is 3. The summed E-state index contributed by atoms with van der Waals surface area (Å²) in [7, 11) is 3.11. The molecular weight excluding hydrogens is 296 g/mol. The lowest BCUT2D eigenvalue weighted by Crippen LogP contribution is -2.17. The average molecular weight is 306 g/mol. The van der Waals surface area contributed by atoms with E-state index in [1.165, 1.54) is 4.90 Å². The van der Waals surface area contributed by atoms with Crippen LogP contribution in [0.25, 0.3) is 0 Å². The van der Waals surface area contributed by atoms with Crippen LogP contribution in [0.3, 0.4) is 0 Å². The van der Waals surface area contributed by atoms with E-state index in [2.05, 4.69) is 0 Å². The van der Waals surface area contributed by atoms with Gasteiger partial charge in [-0.3, -0.25) is 4.79 Å². The van der Waals surface area contributed by atoms with E-state index >= 15 is 0 Å². The van der Waals surface area contributed by atoms with E-state index in [1.54, 1.807) is 14.1 Å². The van der Waals surface area contributed by atoms with E-state index in [0.717, 1.165) is 18.3 Å². The van der Waals surface area contributed by atoms with Gasteiger partial charge in [-0.05, 0) is 12.1 Å². The molecule has 102 valence electrons. The molecule has 0 radical (unpaired) electrons. The van der Waals surface area contributed by atoms with E-state index in [0.29, 0.717) is 0 Å². The summed E-state index contributed by atoms with van der Waals surface area (Å²) in [6.45, 7) is 0. The van der Waals surface area contributed by atoms with Gasteiger partial charge in [0.1, 0.15) is 11.4 Å². The molecule has 19 heavy (non-hydrogen) atoms. The summed E-state index contributed by atoms with van der Waals surface area (Å²) in [4.78, 5) is 24.5. The highest BCUT2D eigenvalue weighted by molar-refractivity contribution is 6.38. The largest absolute Gasteiger partial charge is 0.477 e. The highest BCUT2D eigenvalue weighted by atomic mass is 35.5. The topological polar surface area (TPSA) is 57.6 Å². The van der Waals surface area contributed by atoms with Crippen LogP contribution in [0.4, 0.5) is 4.39 Å². The Morgan fingerprint density at radius 3 is 2.32 bits per heavy atom. The fourth-order valence-corrected chi connectivity index (χ4v) is 1.78. The number of hydrogen-bond donors (Lipinski definition) is 1. The van der Waals surface area contributed by atoms with E-state index in [4.69, 9.17) is 28.3 Å². The Bertz CT molecular complexity index is 570. The minimum atomic E-state index is -1.43. The van der Waals surface area contributed by atoms with Crippen LogP contribution in [0, 0.1) is 5.82 Å². The van der Waals surface area contributed by atoms with Crippen molar-refractivity contribution in [2.75, 3.05) is 14.1 Å². The van der Waals surface area contributed by atoms with Crippen molar-refractivity contribution in [2.24, 2.45) is 0 Å². The SMILES string of the molecule is CN(C)C=C(C(=O)O)C(=O)c1cc(F)c(Cl)cc1Cl. The van der Waals surface area contributed by atoms with Crippen LogP contribution in [0.5, 0.6) is 0 Å². The molecular formula is C12H10Cl2FNO3. The Morgan fingerprint density at radius 2 is 1.84 bits per heavy atom. The van der Waals surface area contributed by atoms with Gasteiger partial charge in [-0.1, -0.05) is 23.2 Å². The molecule has 7 heteroatoms. The summed E-state index contributed by atoms with van der Waals surface area (Å²) in [5.41, 5.74) is -0.771. The second-order valence-electron chi connectivity index (χ2n) is 3.89. The molecule has 4 nitrogen and oxygen atoms in total. The lowest BCUT2D eigenvalue weighted by Gasteiger charge is -2.09. The summed E-state index contributed by atoms with van der Waals surface area (Å²) >= 11 is 11.3. The van der Waals surface area contributed by atoms with Gasteiger partial charge in [0.2, 0.25) is 5.78 Å². The maximum atomic E-state index is 13.3. The first-order valence-corrected chi connectivity index (χ1v) is 5.80. The monoisotopic (exact) mass is 305 g/mol. The van der Waals surface area contributed by atoms with Gasteiger partial charge in [0.05, 0.1) is 10.0 Å². The smallest absolute Gasteiger partial charge is 0.341 e. The van der Waals surface area contributed by atoms with Crippen molar-refractivity contribution >= 4 is 35.0 Å². The standard InChI is InChI=1S/C12H10Cl2FNO3/c1-16(2)5-7(12(18)19)11(17)6-3-10(15)9(14)4-8(6)13/h3-5H,1-2H3,(H,18,19). The zero-order valence-electron chi connectivity index (χ0n) is 10.1. The van der Waals surface area contributed by atoms with Crippen LogP contribution < -0.4 is 0 Å². The van der Waals surface area contributed by atoms with Crippen LogP contribution in [0.2, 0.25) is 10.0 Å². The summed E-state index contributed by atoms with van der Waals surface area (Å²) in [5, 5.41) is 8.64. The van der Waals surface area contributed by atoms with E-state index in [-0.39, 0.29) is 15.6 Å². The number of carbonyl (C=O) groups is 2. The average Bonchev–Trinajstić information content (AvgIpc) is 2.29. The first kappa shape index (κ1) is 15.5. The fraction of sp³-hybridized carbons (Fsp3) is 0.167. The molecule has 0 saturated carbocycles. The third kappa shape index (κ3) is 3.68. The molecule has 1 N–H and O–H groups in total. The molecule has 0 bridgehead atoms. The molecule has 0 saturated heterocycles. The van der Waals surface area contributed by atoms with Gasteiger partial charge < -0.3 is 10.0 Å². The lowest BCUT2D eigenvalue weighted by atomic mass is 10.0. The van der Waals surface area contributed by atoms with Crippen molar-refractivity contribution in [1.29, 1.82) is 0 Å². The number of ketones is 1. The molecule has 1 aromatic rings. The first-order chi connectivity index (χ1) is 8.73. The quantitative estimate of drug-likeness (QED) is 0.305. The third-order valence-electron chi connectivity index (χ3n) is 2.12. The van der Waals surface area contributed by atoms with Crippen molar-refractivity contribution in [3.8, 4) is 0 Å². The van der Waals surface area contributed by atoms with Gasteiger partial charge in [0, 0.05) is 25.9 Å². The Balaban J connectivity index is 3.33. The van der Waals surface area contributed by atoms with Crippen molar-refractivity contribution in [2.45, 2.75) is 0 Å². The maximum absolute atomic E-state index is 13.3. The van der Waals surface area contributed by atoms with Gasteiger partial charge in [-0.25, -0.2) is 9.18 Å². The van der Waals surface area contributed by atoms with Gasteiger partial charge >= 0.3 is 5.97 Å². The van der Waals surface area contributed by atoms with Crippen LogP contribution in [-0.2, 0) is 4.79 Å². The molecule has 0 aliphatic heterocycles. The van der Waals surface area contributed by atoms with E-state index < -0.39 is 23.1 Å². The highest BCUT2D eigenvalue weighted by Crippen LogP contribution is 2.26. The van der Waals surface area contributed by atoms with E-state index in [1.807, 2.05) is 0 Å². The minimum Gasteiger partial charge on any atom is -0.477 e. The molecule has 0 aliphatic carbocycles. The lowest BCUT2D eigenvalue weighted by molar-refractivity contribution is -0.132. The summed E-state index contributed by atoms with van der Waals surface area (Å²) in [5.74, 6) is -3.16. The molecule has 0 aromatic heterocycles. The molecule has 1 rings (SSSR count). The number of aliphatic carboxylic acids is 1. The number of carboxylic acids is 1. The molecule has 0 atom stereocenters. The minimum absolute atomic E-state index is 0.109. The fourth-order valence-electron chi connectivity index (χ4n) is 1.31. The Hall–Kier alpha value is -1.59. The van der Waals surface area contributed by atoms with Gasteiger partial charge in [-0.15, -0.1) is 0 Å². The summed E-state index contributed by atoms with van der Waals surface area (Å²) < 4.78 is 13.3. The molecule has 0 amide bonds. The maximum Gasteiger partial charge on any atom is 0.341 e. The molecule has 0 aliphatic rings. The van der Waals surface area contributed by atoms with Crippen LogP contribution >= 0.6 is 23.2 Å². The number of carboxylic acid groups (broad SMARTS) is 1. The third-order valence-corrected chi connectivity index (χ3v) is 2.72. The predicted octanol–water partition coefficient (Wildman–Crippen LogP) is 2.85. The molecule has 0 unspecified atom stereocenters. The first-order valence-electron chi connectivity index (χ1n) is 5.04. The van der Waals surface area contributed by atoms with Crippen LogP contribution in [-0.4, -0.2) is 35.9 Å². The highest BCUT2D eigenvalue weighted by Gasteiger charge is 2.23. The summed E-state index contributed by atoms with van der Waals surface area (Å²) in [6.07, 6.45) is 1.12. The zero-order valence-corrected chi connectivity index (χ0v) is 11.6. The number of Topliss-reactive ketones (excluding diaryl/α,β-unsaturated/α-hetero) is 1. The second-order valence-corrected chi connectivity index (χ2v) is 4.70. The Labute approximate surface area is 119 Å². The number of nitrogens with zero attached hydrogens (tertiary/aromatic N) is 1. The molecule has 1 aromatic carbocycles. The van der Waals surface area contributed by atoms with Gasteiger partial charge in [0.25, 0.3) is 0 Å². The van der Waals surface area contributed by atoms with Crippen molar-refractivity contribution in [3.63, 3.8) is 0 Å². The summed E-state index contributed by atoms with van der Waals surface area (Å²) in [6, 6.07) is 1.88. The molecule has 0 fully saturated rings. The molecule has 0 spiro atoms. The number of hydrogen-bond acceptors (Lipinski definition) is 3. The van der Waals surface area contributed by atoms with Crippen LogP contribution in [0.1, 0.15) is 10.4 Å². The predicted molar refractivity (Wildman–Crippen MR) is 70.2 cm³/mol. The Morgan fingerprint density at radius 1 is 1.26 bits per heavy atom.